The van der Waals surface area contributed by atoms with Gasteiger partial charge in [0.05, 0.1) is 0 Å². The van der Waals surface area contributed by atoms with E-state index in [-0.39, 0.29) is 11.1 Å². The van der Waals surface area contributed by atoms with Gasteiger partial charge in [-0.25, -0.2) is 9.89 Å². The number of anilines is 1. The second-order valence-corrected chi connectivity index (χ2v) is 5.43. The van der Waals surface area contributed by atoms with Gasteiger partial charge < -0.3 is 11.1 Å². The summed E-state index contributed by atoms with van der Waals surface area (Å²) in [5.41, 5.74) is 5.84. The summed E-state index contributed by atoms with van der Waals surface area (Å²) in [5.74, 6) is 0.664. The summed E-state index contributed by atoms with van der Waals surface area (Å²) in [5, 5.41) is 13.6. The van der Waals surface area contributed by atoms with E-state index < -0.39 is 0 Å². The third kappa shape index (κ3) is 3.31. The average molecular weight is 264 g/mol. The van der Waals surface area contributed by atoms with Crippen molar-refractivity contribution >= 4 is 11.5 Å². The van der Waals surface area contributed by atoms with Crippen molar-refractivity contribution < 1.29 is 0 Å². The van der Waals surface area contributed by atoms with E-state index in [1.807, 2.05) is 6.07 Å². The fourth-order valence-electron chi connectivity index (χ4n) is 1.90. The highest BCUT2D eigenvalue weighted by atomic mass is 16.2. The van der Waals surface area contributed by atoms with Gasteiger partial charge in [0, 0.05) is 6.54 Å². The molecule has 0 atom stereocenters. The van der Waals surface area contributed by atoms with E-state index in [1.165, 1.54) is 4.52 Å². The number of aromatic nitrogens is 4. The van der Waals surface area contributed by atoms with Crippen molar-refractivity contribution in [1.29, 1.82) is 0 Å². The van der Waals surface area contributed by atoms with Gasteiger partial charge in [0.25, 0.3) is 0 Å². The zero-order valence-corrected chi connectivity index (χ0v) is 11.3. The molecule has 0 aliphatic heterocycles. The van der Waals surface area contributed by atoms with Crippen molar-refractivity contribution in [3.63, 3.8) is 0 Å². The Balaban J connectivity index is 2.05. The molecule has 2 heterocycles. The van der Waals surface area contributed by atoms with E-state index in [0.29, 0.717) is 18.0 Å². The molecule has 0 spiro atoms. The standard InChI is InChI=1S/C12H20N6O/c1-12(2,6-3-7-13)8-14-9-4-5-10-15-16-11(19)18(10)17-9/h4-5H,3,6-8,13H2,1-2H3,(H,14,17)(H,16,19). The molecule has 19 heavy (non-hydrogen) atoms. The maximum atomic E-state index is 11.4. The van der Waals surface area contributed by atoms with Crippen molar-refractivity contribution in [3.05, 3.63) is 22.6 Å². The fourth-order valence-corrected chi connectivity index (χ4v) is 1.90. The quantitative estimate of drug-likeness (QED) is 0.709. The lowest BCUT2D eigenvalue weighted by atomic mass is 9.88. The molecule has 7 nitrogen and oxygen atoms in total. The first-order chi connectivity index (χ1) is 9.02. The molecule has 0 unspecified atom stereocenters. The summed E-state index contributed by atoms with van der Waals surface area (Å²) in [4.78, 5) is 11.4. The van der Waals surface area contributed by atoms with Crippen LogP contribution in [0.1, 0.15) is 26.7 Å². The van der Waals surface area contributed by atoms with Crippen LogP contribution in [0.15, 0.2) is 16.9 Å². The van der Waals surface area contributed by atoms with E-state index in [4.69, 9.17) is 5.73 Å². The minimum absolute atomic E-state index is 0.136. The van der Waals surface area contributed by atoms with Gasteiger partial charge in [0.2, 0.25) is 0 Å². The lowest BCUT2D eigenvalue weighted by molar-refractivity contribution is 0.350. The Morgan fingerprint density at radius 3 is 3.00 bits per heavy atom. The molecule has 0 aromatic carbocycles. The minimum atomic E-state index is -0.332. The topological polar surface area (TPSA) is 101 Å². The SMILES string of the molecule is CC(C)(CCCN)CNc1ccc2n[nH]c(=O)n2n1. The lowest BCUT2D eigenvalue weighted by Crippen LogP contribution is -2.25. The van der Waals surface area contributed by atoms with Gasteiger partial charge >= 0.3 is 5.69 Å². The molecule has 2 aromatic rings. The van der Waals surface area contributed by atoms with Gasteiger partial charge in [0.1, 0.15) is 5.82 Å². The molecule has 7 heteroatoms. The summed E-state index contributed by atoms with van der Waals surface area (Å²) < 4.78 is 1.25. The molecule has 0 saturated carbocycles. The molecule has 0 radical (unpaired) electrons. The maximum Gasteiger partial charge on any atom is 0.364 e. The van der Waals surface area contributed by atoms with Gasteiger partial charge in [-0.3, -0.25) is 0 Å². The Morgan fingerprint density at radius 1 is 1.47 bits per heavy atom. The number of rotatable bonds is 6. The minimum Gasteiger partial charge on any atom is -0.368 e. The van der Waals surface area contributed by atoms with Crippen LogP contribution in [0, 0.1) is 5.41 Å². The van der Waals surface area contributed by atoms with Crippen molar-refractivity contribution in [2.75, 3.05) is 18.4 Å². The summed E-state index contributed by atoms with van der Waals surface area (Å²) in [6, 6.07) is 3.56. The molecule has 0 saturated heterocycles. The van der Waals surface area contributed by atoms with Gasteiger partial charge in [-0.1, -0.05) is 13.8 Å². The van der Waals surface area contributed by atoms with Crippen LogP contribution in [-0.2, 0) is 0 Å². The molecular formula is C12H20N6O. The second kappa shape index (κ2) is 5.40. The van der Waals surface area contributed by atoms with E-state index >= 15 is 0 Å². The first-order valence-electron chi connectivity index (χ1n) is 6.40. The van der Waals surface area contributed by atoms with Crippen LogP contribution in [0.4, 0.5) is 5.82 Å². The molecule has 0 fully saturated rings. The summed E-state index contributed by atoms with van der Waals surface area (Å²) >= 11 is 0. The average Bonchev–Trinajstić information content (AvgIpc) is 2.76. The summed E-state index contributed by atoms with van der Waals surface area (Å²) in [6.45, 7) is 5.84. The second-order valence-electron chi connectivity index (χ2n) is 5.43. The van der Waals surface area contributed by atoms with Crippen LogP contribution in [0.5, 0.6) is 0 Å². The smallest absolute Gasteiger partial charge is 0.364 e. The van der Waals surface area contributed by atoms with Gasteiger partial charge in [-0.05, 0) is 36.9 Å². The Labute approximate surface area is 111 Å². The van der Waals surface area contributed by atoms with Crippen molar-refractivity contribution in [1.82, 2.24) is 19.8 Å². The zero-order valence-electron chi connectivity index (χ0n) is 11.3. The zero-order chi connectivity index (χ0) is 13.9. The monoisotopic (exact) mass is 264 g/mol. The van der Waals surface area contributed by atoms with Crippen LogP contribution in [0.25, 0.3) is 5.65 Å². The molecule has 0 aliphatic carbocycles. The van der Waals surface area contributed by atoms with Gasteiger partial charge in [-0.2, -0.15) is 9.61 Å². The predicted molar refractivity (Wildman–Crippen MR) is 74.2 cm³/mol. The van der Waals surface area contributed by atoms with Gasteiger partial charge in [-0.15, -0.1) is 5.10 Å². The van der Waals surface area contributed by atoms with Crippen molar-refractivity contribution in [2.45, 2.75) is 26.7 Å². The third-order valence-electron chi connectivity index (χ3n) is 3.08. The Hall–Kier alpha value is -1.89. The molecule has 4 N–H and O–H groups in total. The van der Waals surface area contributed by atoms with E-state index in [0.717, 1.165) is 19.4 Å². The van der Waals surface area contributed by atoms with E-state index in [1.54, 1.807) is 6.07 Å². The Morgan fingerprint density at radius 2 is 2.26 bits per heavy atom. The van der Waals surface area contributed by atoms with Crippen molar-refractivity contribution in [3.8, 4) is 0 Å². The number of fused-ring (bicyclic) bond motifs is 1. The number of nitrogens with zero attached hydrogens (tertiary/aromatic N) is 3. The van der Waals surface area contributed by atoms with Crippen LogP contribution in [0.2, 0.25) is 0 Å². The normalized spacial score (nSPS) is 11.9. The molecule has 0 aliphatic rings. The first kappa shape index (κ1) is 13.5. The number of nitrogens with two attached hydrogens (primary N) is 1. The third-order valence-corrected chi connectivity index (χ3v) is 3.08. The Bertz CT molecular complexity index is 600. The number of hydrogen-bond donors (Lipinski definition) is 3. The highest BCUT2D eigenvalue weighted by molar-refractivity contribution is 5.42. The highest BCUT2D eigenvalue weighted by Crippen LogP contribution is 2.22. The summed E-state index contributed by atoms with van der Waals surface area (Å²) in [7, 11) is 0. The molecule has 104 valence electrons. The largest absolute Gasteiger partial charge is 0.368 e. The molecular weight excluding hydrogens is 244 g/mol. The number of H-pyrrole nitrogens is 1. The highest BCUT2D eigenvalue weighted by Gasteiger charge is 2.17. The Kier molecular flexibility index (Phi) is 3.84. The lowest BCUT2D eigenvalue weighted by Gasteiger charge is -2.24. The fraction of sp³-hybridized carbons (Fsp3) is 0.583. The van der Waals surface area contributed by atoms with Gasteiger partial charge in [0.15, 0.2) is 5.65 Å². The summed E-state index contributed by atoms with van der Waals surface area (Å²) in [6.07, 6.45) is 2.05. The number of aromatic amines is 1. The molecule has 2 aromatic heterocycles. The predicted octanol–water partition coefficient (Wildman–Crippen LogP) is 0.595. The van der Waals surface area contributed by atoms with E-state index in [9.17, 15) is 4.79 Å². The number of hydrogen-bond acceptors (Lipinski definition) is 5. The molecule has 2 rings (SSSR count). The molecule has 0 amide bonds. The number of nitrogens with one attached hydrogen (secondary N) is 2. The maximum absolute atomic E-state index is 11.4. The first-order valence-corrected chi connectivity index (χ1v) is 6.40. The van der Waals surface area contributed by atoms with Crippen LogP contribution < -0.4 is 16.7 Å². The van der Waals surface area contributed by atoms with Crippen LogP contribution in [-0.4, -0.2) is 32.9 Å². The van der Waals surface area contributed by atoms with Crippen LogP contribution in [0.3, 0.4) is 0 Å². The van der Waals surface area contributed by atoms with E-state index in [2.05, 4.69) is 34.5 Å². The van der Waals surface area contributed by atoms with Crippen LogP contribution >= 0.6 is 0 Å². The van der Waals surface area contributed by atoms with Crippen molar-refractivity contribution in [2.24, 2.45) is 11.1 Å². The molecule has 0 bridgehead atoms.